The van der Waals surface area contributed by atoms with Crippen LogP contribution in [-0.2, 0) is 11.8 Å². The molecule has 2 fully saturated rings. The molecule has 20 heavy (non-hydrogen) atoms. The molecule has 0 spiro atoms. The van der Waals surface area contributed by atoms with Gasteiger partial charge in [0.1, 0.15) is 11.7 Å². The van der Waals surface area contributed by atoms with Crippen LogP contribution in [0.2, 0.25) is 0 Å². The predicted octanol–water partition coefficient (Wildman–Crippen LogP) is 1.28. The molecule has 2 heterocycles. The van der Waals surface area contributed by atoms with Gasteiger partial charge in [-0.25, -0.2) is 4.79 Å². The van der Waals surface area contributed by atoms with Crippen LogP contribution in [-0.4, -0.2) is 43.7 Å². The number of carboxylic acid groups (broad SMARTS) is 1. The van der Waals surface area contributed by atoms with Gasteiger partial charge in [-0.3, -0.25) is 9.48 Å². The van der Waals surface area contributed by atoms with E-state index in [9.17, 15) is 14.7 Å². The van der Waals surface area contributed by atoms with Gasteiger partial charge in [0.2, 0.25) is 0 Å². The molecule has 0 bridgehead atoms. The number of hydrogen-bond acceptors (Lipinski definition) is 3. The highest BCUT2D eigenvalue weighted by Gasteiger charge is 2.48. The van der Waals surface area contributed by atoms with Crippen molar-refractivity contribution < 1.29 is 14.7 Å². The van der Waals surface area contributed by atoms with Crippen molar-refractivity contribution in [2.24, 2.45) is 13.0 Å². The summed E-state index contributed by atoms with van der Waals surface area (Å²) >= 11 is 0. The van der Waals surface area contributed by atoms with E-state index in [0.29, 0.717) is 18.0 Å². The summed E-state index contributed by atoms with van der Waals surface area (Å²) in [4.78, 5) is 25.8. The minimum atomic E-state index is -0.894. The number of aryl methyl sites for hydroxylation is 1. The highest BCUT2D eigenvalue weighted by atomic mass is 16.4. The van der Waals surface area contributed by atoms with Crippen LogP contribution in [0, 0.1) is 5.92 Å². The number of aromatic nitrogens is 2. The normalized spacial score (nSPS) is 29.2. The molecule has 1 saturated heterocycles. The molecule has 3 unspecified atom stereocenters. The minimum Gasteiger partial charge on any atom is -0.480 e. The Kier molecular flexibility index (Phi) is 3.23. The fourth-order valence-electron chi connectivity index (χ4n) is 3.69. The second kappa shape index (κ2) is 4.92. The molecule has 1 aliphatic carbocycles. The number of hydrogen-bond donors (Lipinski definition) is 1. The van der Waals surface area contributed by atoms with Crippen LogP contribution in [0.5, 0.6) is 0 Å². The maximum absolute atomic E-state index is 12.7. The Morgan fingerprint density at radius 3 is 2.75 bits per heavy atom. The first kappa shape index (κ1) is 13.1. The summed E-state index contributed by atoms with van der Waals surface area (Å²) in [5.74, 6) is -0.760. The van der Waals surface area contributed by atoms with Crippen LogP contribution in [0.15, 0.2) is 12.3 Å². The molecule has 0 aromatic carbocycles. The Bertz CT molecular complexity index is 540. The van der Waals surface area contributed by atoms with Crippen LogP contribution in [0.3, 0.4) is 0 Å². The zero-order chi connectivity index (χ0) is 14.3. The molecule has 6 nitrogen and oxygen atoms in total. The summed E-state index contributed by atoms with van der Waals surface area (Å²) < 4.78 is 1.51. The second-order valence-electron chi connectivity index (χ2n) is 5.75. The van der Waals surface area contributed by atoms with E-state index in [1.54, 1.807) is 24.2 Å². The third-order valence-corrected chi connectivity index (χ3v) is 4.65. The minimum absolute atomic E-state index is 0.0762. The van der Waals surface area contributed by atoms with Gasteiger partial charge >= 0.3 is 5.97 Å². The third-order valence-electron chi connectivity index (χ3n) is 4.65. The smallest absolute Gasteiger partial charge is 0.326 e. The van der Waals surface area contributed by atoms with Gasteiger partial charge in [0, 0.05) is 19.3 Å². The number of aliphatic carboxylic acids is 1. The van der Waals surface area contributed by atoms with Crippen LogP contribution >= 0.6 is 0 Å². The number of fused-ring (bicyclic) bond motifs is 1. The first-order chi connectivity index (χ1) is 9.59. The molecule has 108 valence electrons. The van der Waals surface area contributed by atoms with Crippen LogP contribution < -0.4 is 0 Å². The molecule has 3 rings (SSSR count). The van der Waals surface area contributed by atoms with E-state index in [2.05, 4.69) is 5.10 Å². The summed E-state index contributed by atoms with van der Waals surface area (Å²) in [6.07, 6.45) is 6.31. The Balaban J connectivity index is 1.93. The van der Waals surface area contributed by atoms with Gasteiger partial charge in [-0.1, -0.05) is 12.8 Å². The van der Waals surface area contributed by atoms with Gasteiger partial charge in [0.25, 0.3) is 5.91 Å². The summed E-state index contributed by atoms with van der Waals surface area (Å²) in [6.45, 7) is 0. The molecule has 1 aromatic rings. The lowest BCUT2D eigenvalue weighted by molar-refractivity contribution is -0.141. The van der Waals surface area contributed by atoms with Crippen LogP contribution in [0.4, 0.5) is 0 Å². The number of nitrogens with zero attached hydrogens (tertiary/aromatic N) is 3. The zero-order valence-electron chi connectivity index (χ0n) is 11.5. The summed E-state index contributed by atoms with van der Waals surface area (Å²) in [5.41, 5.74) is 0.461. The highest BCUT2D eigenvalue weighted by molar-refractivity contribution is 5.95. The third kappa shape index (κ3) is 1.99. The molecule has 0 radical (unpaired) electrons. The van der Waals surface area contributed by atoms with E-state index in [-0.39, 0.29) is 11.9 Å². The molecule has 1 aliphatic heterocycles. The Hall–Kier alpha value is -1.85. The molecular weight excluding hydrogens is 258 g/mol. The van der Waals surface area contributed by atoms with E-state index in [0.717, 1.165) is 25.7 Å². The van der Waals surface area contributed by atoms with E-state index in [1.807, 2.05) is 0 Å². The summed E-state index contributed by atoms with van der Waals surface area (Å²) in [7, 11) is 1.71. The monoisotopic (exact) mass is 277 g/mol. The largest absolute Gasteiger partial charge is 0.480 e. The molecule has 1 amide bonds. The fourth-order valence-corrected chi connectivity index (χ4v) is 3.69. The fraction of sp³-hybridized carbons (Fsp3) is 0.643. The van der Waals surface area contributed by atoms with Gasteiger partial charge in [-0.05, 0) is 31.2 Å². The average molecular weight is 277 g/mol. The number of amides is 1. The van der Waals surface area contributed by atoms with Crippen molar-refractivity contribution in [3.63, 3.8) is 0 Å². The van der Waals surface area contributed by atoms with Crippen LogP contribution in [0.1, 0.15) is 42.6 Å². The molecular formula is C14H19N3O3. The van der Waals surface area contributed by atoms with Crippen molar-refractivity contribution in [3.05, 3.63) is 18.0 Å². The van der Waals surface area contributed by atoms with Crippen molar-refractivity contribution in [2.75, 3.05) is 0 Å². The molecule has 1 saturated carbocycles. The number of carbonyl (C=O) groups is 2. The first-order valence-corrected chi connectivity index (χ1v) is 7.13. The van der Waals surface area contributed by atoms with Crippen molar-refractivity contribution in [2.45, 2.75) is 44.2 Å². The topological polar surface area (TPSA) is 75.4 Å². The van der Waals surface area contributed by atoms with Crippen molar-refractivity contribution in [3.8, 4) is 0 Å². The van der Waals surface area contributed by atoms with Crippen molar-refractivity contribution in [1.29, 1.82) is 0 Å². The number of carboxylic acids is 1. The maximum Gasteiger partial charge on any atom is 0.326 e. The summed E-state index contributed by atoms with van der Waals surface area (Å²) in [5, 5.41) is 13.4. The van der Waals surface area contributed by atoms with E-state index >= 15 is 0 Å². The molecule has 1 N–H and O–H groups in total. The maximum atomic E-state index is 12.7. The van der Waals surface area contributed by atoms with Crippen LogP contribution in [0.25, 0.3) is 0 Å². The van der Waals surface area contributed by atoms with Gasteiger partial charge in [0.05, 0.1) is 0 Å². The molecule has 1 aromatic heterocycles. The van der Waals surface area contributed by atoms with Gasteiger partial charge in [-0.15, -0.1) is 0 Å². The van der Waals surface area contributed by atoms with Gasteiger partial charge in [0.15, 0.2) is 0 Å². The van der Waals surface area contributed by atoms with E-state index in [1.165, 1.54) is 4.68 Å². The zero-order valence-corrected chi connectivity index (χ0v) is 11.5. The number of likely N-dealkylation sites (tertiary alicyclic amines) is 1. The summed E-state index contributed by atoms with van der Waals surface area (Å²) in [6, 6.07) is 1.04. The first-order valence-electron chi connectivity index (χ1n) is 7.13. The van der Waals surface area contributed by atoms with Crippen molar-refractivity contribution in [1.82, 2.24) is 14.7 Å². The predicted molar refractivity (Wildman–Crippen MR) is 71.2 cm³/mol. The lowest BCUT2D eigenvalue weighted by atomic mass is 9.84. The average Bonchev–Trinajstić information content (AvgIpc) is 3.01. The highest BCUT2D eigenvalue weighted by Crippen LogP contribution is 2.40. The molecule has 6 heteroatoms. The van der Waals surface area contributed by atoms with Crippen molar-refractivity contribution >= 4 is 11.9 Å². The van der Waals surface area contributed by atoms with E-state index < -0.39 is 12.0 Å². The van der Waals surface area contributed by atoms with Gasteiger partial charge < -0.3 is 10.0 Å². The number of carbonyl (C=O) groups excluding carboxylic acids is 1. The second-order valence-corrected chi connectivity index (χ2v) is 5.75. The number of rotatable bonds is 2. The SMILES string of the molecule is Cn1nccc1C(=O)N1C(C(=O)O)CC2CCCCC21. The Morgan fingerprint density at radius 2 is 2.10 bits per heavy atom. The Labute approximate surface area is 117 Å². The lowest BCUT2D eigenvalue weighted by Crippen LogP contribution is -2.46. The van der Waals surface area contributed by atoms with E-state index in [4.69, 9.17) is 0 Å². The lowest BCUT2D eigenvalue weighted by Gasteiger charge is -2.32. The Morgan fingerprint density at radius 1 is 1.35 bits per heavy atom. The molecule has 3 atom stereocenters. The standard InChI is InChI=1S/C14H19N3O3/c1-16-11(6-7-15-16)13(18)17-10-5-3-2-4-9(10)8-12(17)14(19)20/h6-7,9-10,12H,2-5,8H2,1H3,(H,19,20). The van der Waals surface area contributed by atoms with Gasteiger partial charge in [-0.2, -0.15) is 5.10 Å². The molecule has 2 aliphatic rings. The quantitative estimate of drug-likeness (QED) is 0.883.